The van der Waals surface area contributed by atoms with Gasteiger partial charge in [0.15, 0.2) is 40.5 Å². The number of ether oxygens (including phenoxy) is 2. The Bertz CT molecular complexity index is 1640. The maximum atomic E-state index is 13.9. The fourth-order valence-electron chi connectivity index (χ4n) is 4.54. The largest absolute Gasteiger partial charge is 0.493 e. The summed E-state index contributed by atoms with van der Waals surface area (Å²) in [6.45, 7) is 0.816. The third-order valence-electron chi connectivity index (χ3n) is 6.69. The fourth-order valence-corrected chi connectivity index (χ4v) is 4.54. The number of carbonyl (C=O) groups excluding carboxylic acids is 2. The molecule has 0 radical (unpaired) electrons. The summed E-state index contributed by atoms with van der Waals surface area (Å²) in [6.07, 6.45) is 0.618. The van der Waals surface area contributed by atoms with E-state index in [4.69, 9.17) is 13.9 Å². The maximum absolute atomic E-state index is 13.9. The van der Waals surface area contributed by atoms with Crippen molar-refractivity contribution >= 4 is 17.5 Å². The number of fused-ring (bicyclic) bond motifs is 1. The molecule has 0 fully saturated rings. The average Bonchev–Trinajstić information content (AvgIpc) is 3.48. The van der Waals surface area contributed by atoms with E-state index in [0.29, 0.717) is 42.3 Å². The van der Waals surface area contributed by atoms with Crippen molar-refractivity contribution in [2.75, 3.05) is 26.1 Å². The number of amides is 2. The highest BCUT2D eigenvalue weighted by atomic mass is 19.2. The molecule has 2 amide bonds. The standard InChI is InChI=1S/C29H21F5N2O5/c1-39-20-11-15-9-10-36(13-16(15)12-21(20)40-2)29(38)19-8-7-18(41-19)14-3-5-17(6-4-14)35-28(37)22-23(30)25(32)27(34)26(33)24(22)31/h3-8,11-12H,9-10,13H2,1-2H3,(H,35,37). The SMILES string of the molecule is COc1cc2c(cc1OC)CN(C(=O)c1ccc(-c3ccc(NC(=O)c4c(F)c(F)c(F)c(F)c4F)cc3)o1)CC2. The van der Waals surface area contributed by atoms with Crippen LogP contribution in [0, 0.1) is 29.1 Å². The number of carbonyl (C=O) groups is 2. The number of anilines is 1. The molecule has 1 N–H and O–H groups in total. The van der Waals surface area contributed by atoms with Crippen LogP contribution in [0.2, 0.25) is 0 Å². The number of nitrogens with one attached hydrogen (secondary N) is 1. The molecule has 0 saturated heterocycles. The molecule has 0 unspecified atom stereocenters. The molecule has 1 aliphatic heterocycles. The first kappa shape index (κ1) is 27.7. The van der Waals surface area contributed by atoms with Crippen LogP contribution in [0.3, 0.4) is 0 Å². The van der Waals surface area contributed by atoms with Crippen LogP contribution in [0.4, 0.5) is 27.6 Å². The summed E-state index contributed by atoms with van der Waals surface area (Å²) in [4.78, 5) is 27.1. The van der Waals surface area contributed by atoms with Crippen LogP contribution in [0.1, 0.15) is 32.0 Å². The van der Waals surface area contributed by atoms with Gasteiger partial charge in [-0.1, -0.05) is 0 Å². The van der Waals surface area contributed by atoms with E-state index in [1.807, 2.05) is 12.1 Å². The van der Waals surface area contributed by atoms with Crippen molar-refractivity contribution in [3.63, 3.8) is 0 Å². The number of hydrogen-bond donors (Lipinski definition) is 1. The van der Waals surface area contributed by atoms with Gasteiger partial charge < -0.3 is 24.1 Å². The Morgan fingerprint density at radius 1 is 0.805 bits per heavy atom. The van der Waals surface area contributed by atoms with Crippen LogP contribution in [0.25, 0.3) is 11.3 Å². The first-order valence-corrected chi connectivity index (χ1v) is 12.2. The van der Waals surface area contributed by atoms with Gasteiger partial charge in [0, 0.05) is 24.3 Å². The lowest BCUT2D eigenvalue weighted by Gasteiger charge is -2.29. The molecule has 2 heterocycles. The van der Waals surface area contributed by atoms with Crippen molar-refractivity contribution < 1.29 is 45.4 Å². The van der Waals surface area contributed by atoms with Gasteiger partial charge in [0.2, 0.25) is 5.82 Å². The van der Waals surface area contributed by atoms with Crippen LogP contribution in [-0.4, -0.2) is 37.5 Å². The van der Waals surface area contributed by atoms with Crippen molar-refractivity contribution in [2.24, 2.45) is 0 Å². The molecule has 41 heavy (non-hydrogen) atoms. The Balaban J connectivity index is 1.28. The van der Waals surface area contributed by atoms with E-state index in [0.717, 1.165) is 11.1 Å². The minimum absolute atomic E-state index is 0.0181. The molecule has 1 aromatic heterocycles. The molecule has 0 bridgehead atoms. The molecule has 3 aromatic carbocycles. The normalized spacial score (nSPS) is 12.6. The van der Waals surface area contributed by atoms with Crippen molar-refractivity contribution in [2.45, 2.75) is 13.0 Å². The van der Waals surface area contributed by atoms with Crippen molar-refractivity contribution in [3.8, 4) is 22.8 Å². The Labute approximate surface area is 230 Å². The van der Waals surface area contributed by atoms with Crippen molar-refractivity contribution in [3.05, 3.63) is 100 Å². The highest BCUT2D eigenvalue weighted by molar-refractivity contribution is 6.04. The number of rotatable bonds is 6. The monoisotopic (exact) mass is 572 g/mol. The van der Waals surface area contributed by atoms with E-state index in [2.05, 4.69) is 5.32 Å². The van der Waals surface area contributed by atoms with E-state index < -0.39 is 40.6 Å². The molecule has 0 atom stereocenters. The van der Waals surface area contributed by atoms with E-state index >= 15 is 0 Å². The van der Waals surface area contributed by atoms with Gasteiger partial charge in [-0.2, -0.15) is 0 Å². The predicted octanol–water partition coefficient (Wildman–Crippen LogP) is 6.11. The second-order valence-electron chi connectivity index (χ2n) is 9.09. The molecular formula is C29H21F5N2O5. The van der Waals surface area contributed by atoms with Crippen LogP contribution >= 0.6 is 0 Å². The van der Waals surface area contributed by atoms with Crippen LogP contribution in [0.15, 0.2) is 52.9 Å². The van der Waals surface area contributed by atoms with Gasteiger partial charge in [-0.15, -0.1) is 0 Å². The predicted molar refractivity (Wildman–Crippen MR) is 136 cm³/mol. The van der Waals surface area contributed by atoms with Crippen LogP contribution in [0.5, 0.6) is 11.5 Å². The second kappa shape index (κ2) is 11.0. The Morgan fingerprint density at radius 2 is 1.39 bits per heavy atom. The van der Waals surface area contributed by atoms with E-state index in [1.165, 1.54) is 37.4 Å². The van der Waals surface area contributed by atoms with Crippen molar-refractivity contribution in [1.82, 2.24) is 4.90 Å². The second-order valence-corrected chi connectivity index (χ2v) is 9.09. The number of nitrogens with zero attached hydrogens (tertiary/aromatic N) is 1. The summed E-state index contributed by atoms with van der Waals surface area (Å²) in [5.74, 6) is -11.5. The molecule has 0 aliphatic carbocycles. The first-order valence-electron chi connectivity index (χ1n) is 12.2. The van der Waals surface area contributed by atoms with Gasteiger partial charge in [0.25, 0.3) is 11.8 Å². The maximum Gasteiger partial charge on any atom is 0.289 e. The highest BCUT2D eigenvalue weighted by Crippen LogP contribution is 2.34. The Kier molecular flexibility index (Phi) is 7.40. The lowest BCUT2D eigenvalue weighted by molar-refractivity contribution is 0.0703. The molecule has 4 aromatic rings. The molecule has 12 heteroatoms. The van der Waals surface area contributed by atoms with E-state index in [1.54, 1.807) is 18.1 Å². The number of furan rings is 1. The van der Waals surface area contributed by atoms with Gasteiger partial charge in [0.05, 0.1) is 14.2 Å². The van der Waals surface area contributed by atoms with Gasteiger partial charge in [-0.25, -0.2) is 22.0 Å². The van der Waals surface area contributed by atoms with Gasteiger partial charge in [-0.3, -0.25) is 9.59 Å². The van der Waals surface area contributed by atoms with E-state index in [-0.39, 0.29) is 17.4 Å². The fraction of sp³-hybridized carbons (Fsp3) is 0.172. The molecular weight excluding hydrogens is 551 g/mol. The molecule has 1 aliphatic rings. The topological polar surface area (TPSA) is 81.0 Å². The Hall–Kier alpha value is -4.87. The van der Waals surface area contributed by atoms with Crippen LogP contribution in [-0.2, 0) is 13.0 Å². The summed E-state index contributed by atoms with van der Waals surface area (Å²) in [5, 5.41) is 2.10. The molecule has 212 valence electrons. The van der Waals surface area contributed by atoms with Crippen LogP contribution < -0.4 is 14.8 Å². The minimum atomic E-state index is -2.36. The van der Waals surface area contributed by atoms with Gasteiger partial charge in [-0.05, 0) is 66.1 Å². The summed E-state index contributed by atoms with van der Waals surface area (Å²) in [5.41, 5.74) is 0.901. The number of hydrogen-bond acceptors (Lipinski definition) is 5. The minimum Gasteiger partial charge on any atom is -0.493 e. The lowest BCUT2D eigenvalue weighted by atomic mass is 9.98. The number of halogens is 5. The third-order valence-corrected chi connectivity index (χ3v) is 6.69. The zero-order valence-electron chi connectivity index (χ0n) is 21.6. The average molecular weight is 572 g/mol. The van der Waals surface area contributed by atoms with E-state index in [9.17, 15) is 31.5 Å². The molecule has 0 saturated carbocycles. The summed E-state index contributed by atoms with van der Waals surface area (Å²) < 4.78 is 84.6. The summed E-state index contributed by atoms with van der Waals surface area (Å²) >= 11 is 0. The van der Waals surface area contributed by atoms with Gasteiger partial charge in [0.1, 0.15) is 11.3 Å². The number of methoxy groups -OCH3 is 2. The highest BCUT2D eigenvalue weighted by Gasteiger charge is 2.30. The summed E-state index contributed by atoms with van der Waals surface area (Å²) in [6, 6.07) is 12.5. The van der Waals surface area contributed by atoms with Crippen molar-refractivity contribution in [1.29, 1.82) is 0 Å². The first-order chi connectivity index (χ1) is 19.6. The smallest absolute Gasteiger partial charge is 0.289 e. The quantitative estimate of drug-likeness (QED) is 0.171. The number of benzene rings is 3. The zero-order valence-corrected chi connectivity index (χ0v) is 21.6. The molecule has 0 spiro atoms. The summed E-state index contributed by atoms with van der Waals surface area (Å²) in [7, 11) is 3.09. The molecule has 7 nitrogen and oxygen atoms in total. The third kappa shape index (κ3) is 5.08. The van der Waals surface area contributed by atoms with Gasteiger partial charge >= 0.3 is 0 Å². The zero-order chi connectivity index (χ0) is 29.4. The Morgan fingerprint density at radius 3 is 2.00 bits per heavy atom. The lowest BCUT2D eigenvalue weighted by Crippen LogP contribution is -2.35. The molecule has 5 rings (SSSR count).